The van der Waals surface area contributed by atoms with E-state index in [1.165, 1.54) is 4.90 Å². The molecule has 104 valence electrons. The zero-order valence-electron chi connectivity index (χ0n) is 10.9. The molecule has 17 heavy (non-hydrogen) atoms. The Morgan fingerprint density at radius 3 is 2.12 bits per heavy atom. The number of alkyl halides is 3. The van der Waals surface area contributed by atoms with Crippen LogP contribution >= 0.6 is 0 Å². The van der Waals surface area contributed by atoms with E-state index < -0.39 is 18.3 Å². The van der Waals surface area contributed by atoms with Crippen molar-refractivity contribution in [2.24, 2.45) is 0 Å². The van der Waals surface area contributed by atoms with Crippen LogP contribution in [0.1, 0.15) is 27.7 Å². The molecule has 0 fully saturated rings. The van der Waals surface area contributed by atoms with E-state index in [1.54, 1.807) is 13.8 Å². The van der Waals surface area contributed by atoms with Crippen molar-refractivity contribution in [2.45, 2.75) is 45.5 Å². The van der Waals surface area contributed by atoms with Gasteiger partial charge in [-0.05, 0) is 13.5 Å². The summed E-state index contributed by atoms with van der Waals surface area (Å²) in [7, 11) is 0. The molecular formula is C11H23F3N2O. The van der Waals surface area contributed by atoms with Gasteiger partial charge in [0, 0.05) is 19.1 Å². The van der Waals surface area contributed by atoms with Crippen LogP contribution in [-0.2, 0) is 0 Å². The van der Waals surface area contributed by atoms with E-state index >= 15 is 0 Å². The Morgan fingerprint density at radius 1 is 1.24 bits per heavy atom. The van der Waals surface area contributed by atoms with E-state index in [-0.39, 0.29) is 25.7 Å². The van der Waals surface area contributed by atoms with Crippen molar-refractivity contribution in [3.05, 3.63) is 0 Å². The monoisotopic (exact) mass is 256 g/mol. The van der Waals surface area contributed by atoms with Crippen LogP contribution in [0.3, 0.4) is 0 Å². The SMILES string of the molecule is CCN(CC(F)(F)F)CC(C)(O)CNC(C)C. The van der Waals surface area contributed by atoms with Crippen LogP contribution in [0.2, 0.25) is 0 Å². The number of likely N-dealkylation sites (N-methyl/N-ethyl adjacent to an activating group) is 1. The number of halogens is 3. The Kier molecular flexibility index (Phi) is 6.43. The first-order chi connectivity index (χ1) is 7.56. The molecule has 1 unspecified atom stereocenters. The normalized spacial score (nSPS) is 16.6. The summed E-state index contributed by atoms with van der Waals surface area (Å²) >= 11 is 0. The van der Waals surface area contributed by atoms with Crippen molar-refractivity contribution in [1.29, 1.82) is 0 Å². The van der Waals surface area contributed by atoms with Crippen molar-refractivity contribution in [3.8, 4) is 0 Å². The first kappa shape index (κ1) is 16.7. The van der Waals surface area contributed by atoms with Gasteiger partial charge >= 0.3 is 6.18 Å². The quantitative estimate of drug-likeness (QED) is 0.726. The molecule has 3 nitrogen and oxygen atoms in total. The molecule has 0 bridgehead atoms. The third-order valence-corrected chi connectivity index (χ3v) is 2.31. The molecule has 0 radical (unpaired) electrons. The number of nitrogens with one attached hydrogen (secondary N) is 1. The van der Waals surface area contributed by atoms with Crippen molar-refractivity contribution in [1.82, 2.24) is 10.2 Å². The minimum atomic E-state index is -4.22. The summed E-state index contributed by atoms with van der Waals surface area (Å²) in [5.74, 6) is 0. The first-order valence-electron chi connectivity index (χ1n) is 5.80. The summed E-state index contributed by atoms with van der Waals surface area (Å²) in [6.45, 7) is 6.59. The highest BCUT2D eigenvalue weighted by Gasteiger charge is 2.33. The molecule has 0 heterocycles. The smallest absolute Gasteiger partial charge is 0.388 e. The van der Waals surface area contributed by atoms with Crippen LogP contribution in [0.5, 0.6) is 0 Å². The lowest BCUT2D eigenvalue weighted by molar-refractivity contribution is -0.151. The lowest BCUT2D eigenvalue weighted by Gasteiger charge is -2.32. The van der Waals surface area contributed by atoms with Crippen LogP contribution in [0.4, 0.5) is 13.2 Å². The number of hydrogen-bond donors (Lipinski definition) is 2. The predicted molar refractivity (Wildman–Crippen MR) is 61.9 cm³/mol. The molecule has 0 aliphatic rings. The summed E-state index contributed by atoms with van der Waals surface area (Å²) in [5, 5.41) is 13.0. The minimum absolute atomic E-state index is 0.00271. The molecule has 0 amide bonds. The molecule has 0 saturated heterocycles. The summed E-state index contributed by atoms with van der Waals surface area (Å²) in [4.78, 5) is 1.20. The molecule has 0 aliphatic heterocycles. The van der Waals surface area contributed by atoms with Crippen LogP contribution in [-0.4, -0.2) is 54.0 Å². The van der Waals surface area contributed by atoms with Crippen LogP contribution < -0.4 is 5.32 Å². The van der Waals surface area contributed by atoms with Gasteiger partial charge < -0.3 is 10.4 Å². The van der Waals surface area contributed by atoms with Crippen molar-refractivity contribution in [3.63, 3.8) is 0 Å². The van der Waals surface area contributed by atoms with Gasteiger partial charge in [-0.15, -0.1) is 0 Å². The third-order valence-electron chi connectivity index (χ3n) is 2.31. The summed E-state index contributed by atoms with van der Waals surface area (Å²) in [6.07, 6.45) is -4.22. The van der Waals surface area contributed by atoms with Crippen molar-refractivity contribution < 1.29 is 18.3 Å². The Bertz CT molecular complexity index is 217. The first-order valence-corrected chi connectivity index (χ1v) is 5.80. The second-order valence-corrected chi connectivity index (χ2v) is 4.95. The molecule has 6 heteroatoms. The van der Waals surface area contributed by atoms with Gasteiger partial charge in [-0.2, -0.15) is 13.2 Å². The van der Waals surface area contributed by atoms with Crippen LogP contribution in [0.25, 0.3) is 0 Å². The van der Waals surface area contributed by atoms with Gasteiger partial charge in [0.1, 0.15) is 0 Å². The molecule has 0 aromatic rings. The maximum Gasteiger partial charge on any atom is 0.401 e. The van der Waals surface area contributed by atoms with Gasteiger partial charge in [0.25, 0.3) is 0 Å². The van der Waals surface area contributed by atoms with E-state index in [0.29, 0.717) is 0 Å². The molecular weight excluding hydrogens is 233 g/mol. The lowest BCUT2D eigenvalue weighted by Crippen LogP contribution is -2.50. The van der Waals surface area contributed by atoms with Gasteiger partial charge in [0.2, 0.25) is 0 Å². The zero-order chi connectivity index (χ0) is 13.7. The Morgan fingerprint density at radius 2 is 1.76 bits per heavy atom. The molecule has 0 rings (SSSR count). The van der Waals surface area contributed by atoms with E-state index in [4.69, 9.17) is 0 Å². The highest BCUT2D eigenvalue weighted by Crippen LogP contribution is 2.17. The summed E-state index contributed by atoms with van der Waals surface area (Å²) in [6, 6.07) is 0.194. The average molecular weight is 256 g/mol. The Balaban J connectivity index is 4.24. The molecule has 1 atom stereocenters. The maximum absolute atomic E-state index is 12.2. The molecule has 0 aromatic heterocycles. The van der Waals surface area contributed by atoms with Gasteiger partial charge in [-0.3, -0.25) is 4.90 Å². The van der Waals surface area contributed by atoms with E-state index in [1.807, 2.05) is 13.8 Å². The summed E-state index contributed by atoms with van der Waals surface area (Å²) in [5.41, 5.74) is -1.16. The lowest BCUT2D eigenvalue weighted by atomic mass is 10.1. The molecule has 0 spiro atoms. The standard InChI is InChI=1S/C11H23F3N2O/c1-5-16(8-11(12,13)14)7-10(4,17)6-15-9(2)3/h9,15,17H,5-8H2,1-4H3. The number of rotatable bonds is 7. The van der Waals surface area contributed by atoms with E-state index in [0.717, 1.165) is 0 Å². The minimum Gasteiger partial charge on any atom is -0.388 e. The zero-order valence-corrected chi connectivity index (χ0v) is 10.9. The number of hydrogen-bond acceptors (Lipinski definition) is 3. The van der Waals surface area contributed by atoms with E-state index in [9.17, 15) is 18.3 Å². The number of nitrogens with zero attached hydrogens (tertiary/aromatic N) is 1. The third kappa shape index (κ3) is 9.38. The average Bonchev–Trinajstić information content (AvgIpc) is 2.11. The topological polar surface area (TPSA) is 35.5 Å². The fourth-order valence-corrected chi connectivity index (χ4v) is 1.49. The Hall–Kier alpha value is -0.330. The largest absolute Gasteiger partial charge is 0.401 e. The molecule has 2 N–H and O–H groups in total. The molecule has 0 aromatic carbocycles. The fraction of sp³-hybridized carbons (Fsp3) is 1.00. The highest BCUT2D eigenvalue weighted by atomic mass is 19.4. The van der Waals surface area contributed by atoms with Crippen LogP contribution in [0, 0.1) is 0 Å². The predicted octanol–water partition coefficient (Wildman–Crippen LogP) is 1.62. The van der Waals surface area contributed by atoms with Gasteiger partial charge in [-0.1, -0.05) is 20.8 Å². The second kappa shape index (κ2) is 6.56. The van der Waals surface area contributed by atoms with Gasteiger partial charge in [0.15, 0.2) is 0 Å². The van der Waals surface area contributed by atoms with Crippen LogP contribution in [0.15, 0.2) is 0 Å². The molecule has 0 aliphatic carbocycles. The van der Waals surface area contributed by atoms with E-state index in [2.05, 4.69) is 5.32 Å². The van der Waals surface area contributed by atoms with Crippen molar-refractivity contribution >= 4 is 0 Å². The second-order valence-electron chi connectivity index (χ2n) is 4.95. The van der Waals surface area contributed by atoms with Gasteiger partial charge in [-0.25, -0.2) is 0 Å². The molecule has 0 saturated carbocycles. The number of aliphatic hydroxyl groups is 1. The van der Waals surface area contributed by atoms with Gasteiger partial charge in [0.05, 0.1) is 12.1 Å². The highest BCUT2D eigenvalue weighted by molar-refractivity contribution is 4.81. The summed E-state index contributed by atoms with van der Waals surface area (Å²) < 4.78 is 36.7. The maximum atomic E-state index is 12.2. The fourth-order valence-electron chi connectivity index (χ4n) is 1.49. The van der Waals surface area contributed by atoms with Crippen molar-refractivity contribution in [2.75, 3.05) is 26.2 Å². The Labute approximate surface area is 101 Å².